The molecule has 0 saturated heterocycles. The van der Waals surface area contributed by atoms with Crippen LogP contribution in [0.2, 0.25) is 0 Å². The van der Waals surface area contributed by atoms with E-state index in [1.165, 1.54) is 18.4 Å². The third kappa shape index (κ3) is 1.99. The lowest BCUT2D eigenvalue weighted by molar-refractivity contribution is 0.204. The van der Waals surface area contributed by atoms with Crippen LogP contribution in [0.3, 0.4) is 0 Å². The fourth-order valence-electron chi connectivity index (χ4n) is 3.55. The Hall–Kier alpha value is -0.520. The first-order chi connectivity index (χ1) is 7.41. The summed E-state index contributed by atoms with van der Waals surface area (Å²) in [5, 5.41) is 0. The number of hydrogen-bond donors (Lipinski definition) is 0. The summed E-state index contributed by atoms with van der Waals surface area (Å²) in [5.74, 6) is 2.36. The van der Waals surface area contributed by atoms with Crippen molar-refractivity contribution in [3.63, 3.8) is 0 Å². The van der Waals surface area contributed by atoms with Gasteiger partial charge in [0.05, 0.1) is 0 Å². The summed E-state index contributed by atoms with van der Waals surface area (Å²) in [6.07, 6.45) is 10.0. The van der Waals surface area contributed by atoms with Gasteiger partial charge in [-0.2, -0.15) is 0 Å². The van der Waals surface area contributed by atoms with Crippen molar-refractivity contribution in [1.29, 1.82) is 0 Å². The third-order valence-electron chi connectivity index (χ3n) is 4.81. The van der Waals surface area contributed by atoms with Gasteiger partial charge >= 0.3 is 0 Å². The molecular formula is C16H25. The van der Waals surface area contributed by atoms with E-state index < -0.39 is 0 Å². The van der Waals surface area contributed by atoms with Gasteiger partial charge in [0.2, 0.25) is 0 Å². The molecule has 0 fully saturated rings. The van der Waals surface area contributed by atoms with Gasteiger partial charge in [0, 0.05) is 0 Å². The van der Waals surface area contributed by atoms with E-state index in [2.05, 4.69) is 53.2 Å². The van der Waals surface area contributed by atoms with Crippen molar-refractivity contribution >= 4 is 0 Å². The maximum Gasteiger partial charge on any atom is -0.0111 e. The van der Waals surface area contributed by atoms with Crippen LogP contribution >= 0.6 is 0 Å². The topological polar surface area (TPSA) is 0 Å². The monoisotopic (exact) mass is 217 g/mol. The van der Waals surface area contributed by atoms with Crippen LogP contribution in [0, 0.1) is 29.6 Å². The molecule has 0 heteroatoms. The fourth-order valence-corrected chi connectivity index (χ4v) is 3.55. The Morgan fingerprint density at radius 2 is 1.94 bits per heavy atom. The van der Waals surface area contributed by atoms with E-state index in [9.17, 15) is 0 Å². The molecule has 0 N–H and O–H groups in total. The van der Waals surface area contributed by atoms with Gasteiger partial charge < -0.3 is 0 Å². The Kier molecular flexibility index (Phi) is 3.03. The third-order valence-corrected chi connectivity index (χ3v) is 4.81. The lowest BCUT2D eigenvalue weighted by atomic mass is 9.67. The smallest absolute Gasteiger partial charge is 0.0111 e. The lowest BCUT2D eigenvalue weighted by Crippen LogP contribution is -2.29. The van der Waals surface area contributed by atoms with Crippen molar-refractivity contribution in [3.8, 4) is 0 Å². The molecule has 0 heterocycles. The Labute approximate surface area is 101 Å². The lowest BCUT2D eigenvalue weighted by Gasteiger charge is -2.38. The van der Waals surface area contributed by atoms with E-state index in [0.29, 0.717) is 5.41 Å². The van der Waals surface area contributed by atoms with E-state index in [1.54, 1.807) is 5.57 Å². The molecule has 0 bridgehead atoms. The Morgan fingerprint density at radius 1 is 1.25 bits per heavy atom. The largest absolute Gasteiger partial charge is 0.0847 e. The van der Waals surface area contributed by atoms with Gasteiger partial charge in [-0.1, -0.05) is 44.1 Å². The van der Waals surface area contributed by atoms with Crippen molar-refractivity contribution in [2.45, 2.75) is 47.5 Å². The minimum atomic E-state index is 0.401. The van der Waals surface area contributed by atoms with Gasteiger partial charge in [0.25, 0.3) is 0 Å². The van der Waals surface area contributed by atoms with Crippen LogP contribution in [0.1, 0.15) is 47.5 Å². The van der Waals surface area contributed by atoms with Crippen molar-refractivity contribution in [1.82, 2.24) is 0 Å². The molecule has 0 aromatic rings. The first-order valence-corrected chi connectivity index (χ1v) is 6.62. The Morgan fingerprint density at radius 3 is 2.44 bits per heavy atom. The molecule has 2 rings (SSSR count). The molecule has 89 valence electrons. The van der Waals surface area contributed by atoms with Crippen LogP contribution in [0.4, 0.5) is 0 Å². The van der Waals surface area contributed by atoms with Crippen LogP contribution in [-0.4, -0.2) is 0 Å². The predicted octanol–water partition coefficient (Wildman–Crippen LogP) is 4.79. The summed E-state index contributed by atoms with van der Waals surface area (Å²) in [6.45, 7) is 11.7. The molecule has 0 aliphatic heterocycles. The second-order valence-corrected chi connectivity index (χ2v) is 6.41. The molecule has 0 nitrogen and oxygen atoms in total. The second kappa shape index (κ2) is 4.05. The van der Waals surface area contributed by atoms with E-state index >= 15 is 0 Å². The van der Waals surface area contributed by atoms with Gasteiger partial charge in [-0.05, 0) is 56.3 Å². The van der Waals surface area contributed by atoms with Gasteiger partial charge in [-0.15, -0.1) is 0 Å². The minimum Gasteiger partial charge on any atom is -0.0847 e. The maximum absolute atomic E-state index is 2.51. The number of hydrogen-bond acceptors (Lipinski definition) is 0. The summed E-state index contributed by atoms with van der Waals surface area (Å²) in [7, 11) is 0. The summed E-state index contributed by atoms with van der Waals surface area (Å²) < 4.78 is 0. The zero-order valence-corrected chi connectivity index (χ0v) is 11.4. The summed E-state index contributed by atoms with van der Waals surface area (Å²) in [5.41, 5.74) is 3.48. The zero-order chi connectivity index (χ0) is 11.9. The second-order valence-electron chi connectivity index (χ2n) is 6.41. The molecule has 0 amide bonds. The van der Waals surface area contributed by atoms with Crippen LogP contribution in [0.15, 0.2) is 23.3 Å². The fraction of sp³-hybridized carbons (Fsp3) is 0.688. The van der Waals surface area contributed by atoms with Crippen LogP contribution in [-0.2, 0) is 0 Å². The molecule has 0 saturated carbocycles. The van der Waals surface area contributed by atoms with E-state index in [4.69, 9.17) is 0 Å². The van der Waals surface area contributed by atoms with Gasteiger partial charge in [0.1, 0.15) is 0 Å². The molecular weight excluding hydrogens is 192 g/mol. The number of allylic oxidation sites excluding steroid dienone is 4. The minimum absolute atomic E-state index is 0.401. The van der Waals surface area contributed by atoms with E-state index in [-0.39, 0.29) is 0 Å². The van der Waals surface area contributed by atoms with Gasteiger partial charge in [-0.25, -0.2) is 0 Å². The average Bonchev–Trinajstić information content (AvgIpc) is 2.40. The summed E-state index contributed by atoms with van der Waals surface area (Å²) in [4.78, 5) is 0. The first-order valence-electron chi connectivity index (χ1n) is 6.62. The van der Waals surface area contributed by atoms with Crippen LogP contribution in [0.5, 0.6) is 0 Å². The van der Waals surface area contributed by atoms with Crippen molar-refractivity contribution in [2.24, 2.45) is 23.2 Å². The first kappa shape index (κ1) is 12.0. The van der Waals surface area contributed by atoms with Crippen LogP contribution < -0.4 is 0 Å². The molecule has 3 atom stereocenters. The molecule has 1 radical (unpaired) electrons. The van der Waals surface area contributed by atoms with Crippen molar-refractivity contribution in [2.75, 3.05) is 0 Å². The summed E-state index contributed by atoms with van der Waals surface area (Å²) >= 11 is 0. The molecule has 2 aliphatic rings. The van der Waals surface area contributed by atoms with E-state index in [1.807, 2.05) is 0 Å². The van der Waals surface area contributed by atoms with Gasteiger partial charge in [0.15, 0.2) is 0 Å². The molecule has 0 aromatic carbocycles. The highest BCUT2D eigenvalue weighted by atomic mass is 14.4. The highest BCUT2D eigenvalue weighted by Crippen LogP contribution is 2.49. The quantitative estimate of drug-likeness (QED) is 0.554. The van der Waals surface area contributed by atoms with Crippen molar-refractivity contribution in [3.05, 3.63) is 29.7 Å². The Balaban J connectivity index is 2.18. The SMILES string of the molecule is CC1=CC(C2CC=C(C)C2(C)C)CC(C)[CH]1. The molecule has 0 spiro atoms. The van der Waals surface area contributed by atoms with Gasteiger partial charge in [-0.3, -0.25) is 0 Å². The highest BCUT2D eigenvalue weighted by molar-refractivity contribution is 5.24. The average molecular weight is 217 g/mol. The zero-order valence-electron chi connectivity index (χ0n) is 11.4. The Bertz CT molecular complexity index is 330. The number of rotatable bonds is 1. The molecule has 3 unspecified atom stereocenters. The summed E-state index contributed by atoms with van der Waals surface area (Å²) in [6, 6.07) is 0. The van der Waals surface area contributed by atoms with Crippen LogP contribution in [0.25, 0.3) is 0 Å². The van der Waals surface area contributed by atoms with E-state index in [0.717, 1.165) is 17.8 Å². The van der Waals surface area contributed by atoms with Crippen molar-refractivity contribution < 1.29 is 0 Å². The molecule has 16 heavy (non-hydrogen) atoms. The highest BCUT2D eigenvalue weighted by Gasteiger charge is 2.40. The molecule has 0 aromatic heterocycles. The maximum atomic E-state index is 2.51. The normalized spacial score (nSPS) is 38.2. The molecule has 2 aliphatic carbocycles. The standard InChI is InChI=1S/C16H25/c1-11-8-12(2)10-14(9-11)15-7-6-13(3)16(15,4)5/h6,8-9,12,14-15H,7,10H2,1-5H3. The predicted molar refractivity (Wildman–Crippen MR) is 71.0 cm³/mol.